The second-order valence-electron chi connectivity index (χ2n) is 4.61. The number of nitrogens with one attached hydrogen (secondary N) is 1. The van der Waals surface area contributed by atoms with E-state index in [9.17, 15) is 0 Å². The van der Waals surface area contributed by atoms with Crippen LogP contribution in [0.5, 0.6) is 0 Å². The molecule has 2 heteroatoms. The molecule has 0 aliphatic carbocycles. The lowest BCUT2D eigenvalue weighted by Gasteiger charge is -2.30. The molecule has 0 radical (unpaired) electrons. The van der Waals surface area contributed by atoms with Gasteiger partial charge in [0.15, 0.2) is 0 Å². The molecule has 80 valence electrons. The predicted molar refractivity (Wildman–Crippen MR) is 58.0 cm³/mol. The molecular formula is C11H25NO. The first kappa shape index (κ1) is 12.9. The summed E-state index contributed by atoms with van der Waals surface area (Å²) in [6, 6.07) is 0.546. The Morgan fingerprint density at radius 1 is 1.23 bits per heavy atom. The van der Waals surface area contributed by atoms with Crippen molar-refractivity contribution in [3.05, 3.63) is 0 Å². The van der Waals surface area contributed by atoms with E-state index in [4.69, 9.17) is 4.74 Å². The minimum Gasteiger partial charge on any atom is -0.381 e. The molecule has 0 fully saturated rings. The highest BCUT2D eigenvalue weighted by Crippen LogP contribution is 2.21. The van der Waals surface area contributed by atoms with Crippen LogP contribution in [0.15, 0.2) is 0 Å². The summed E-state index contributed by atoms with van der Waals surface area (Å²) in [6.45, 7) is 10.7. The molecule has 1 unspecified atom stereocenters. The Morgan fingerprint density at radius 3 is 2.23 bits per heavy atom. The molecule has 0 saturated heterocycles. The monoisotopic (exact) mass is 187 g/mol. The van der Waals surface area contributed by atoms with Gasteiger partial charge in [0, 0.05) is 19.3 Å². The Bertz CT molecular complexity index is 118. The van der Waals surface area contributed by atoms with Crippen molar-refractivity contribution in [1.82, 2.24) is 5.32 Å². The second-order valence-corrected chi connectivity index (χ2v) is 4.61. The summed E-state index contributed by atoms with van der Waals surface area (Å²) in [5, 5.41) is 3.34. The van der Waals surface area contributed by atoms with Gasteiger partial charge in [0.25, 0.3) is 0 Å². The largest absolute Gasteiger partial charge is 0.381 e. The highest BCUT2D eigenvalue weighted by molar-refractivity contribution is 4.78. The van der Waals surface area contributed by atoms with Gasteiger partial charge in [-0.25, -0.2) is 0 Å². The minimum absolute atomic E-state index is 0.324. The summed E-state index contributed by atoms with van der Waals surface area (Å²) in [4.78, 5) is 0. The predicted octanol–water partition coefficient (Wildman–Crippen LogP) is 2.44. The summed E-state index contributed by atoms with van der Waals surface area (Å²) in [6.07, 6.45) is 2.21. The number of hydrogen-bond donors (Lipinski definition) is 1. The first-order chi connectivity index (χ1) is 6.02. The fraction of sp³-hybridized carbons (Fsp3) is 1.00. The molecule has 1 N–H and O–H groups in total. The highest BCUT2D eigenvalue weighted by atomic mass is 16.5. The molecule has 0 bridgehead atoms. The van der Waals surface area contributed by atoms with Crippen molar-refractivity contribution >= 4 is 0 Å². The van der Waals surface area contributed by atoms with Crippen molar-refractivity contribution in [1.29, 1.82) is 0 Å². The Hall–Kier alpha value is -0.0800. The van der Waals surface area contributed by atoms with Crippen molar-refractivity contribution < 1.29 is 4.74 Å². The Labute approximate surface area is 83.1 Å². The van der Waals surface area contributed by atoms with Gasteiger partial charge < -0.3 is 10.1 Å². The zero-order valence-electron chi connectivity index (χ0n) is 9.81. The molecule has 13 heavy (non-hydrogen) atoms. The molecule has 0 amide bonds. The lowest BCUT2D eigenvalue weighted by Crippen LogP contribution is -2.38. The van der Waals surface area contributed by atoms with E-state index < -0.39 is 0 Å². The fourth-order valence-corrected chi connectivity index (χ4v) is 1.46. The van der Waals surface area contributed by atoms with Crippen LogP contribution in [-0.2, 0) is 4.74 Å². The van der Waals surface area contributed by atoms with E-state index in [1.165, 1.54) is 0 Å². The van der Waals surface area contributed by atoms with Crippen LogP contribution in [-0.4, -0.2) is 26.3 Å². The quantitative estimate of drug-likeness (QED) is 0.645. The SMILES string of the molecule is CCCOCCC(NC)C(C)(C)C. The maximum Gasteiger partial charge on any atom is 0.0481 e. The maximum absolute atomic E-state index is 5.47. The third-order valence-corrected chi connectivity index (χ3v) is 2.29. The van der Waals surface area contributed by atoms with Crippen LogP contribution in [0, 0.1) is 5.41 Å². The first-order valence-electron chi connectivity index (χ1n) is 5.27. The molecule has 0 rings (SSSR count). The lowest BCUT2D eigenvalue weighted by atomic mass is 9.85. The average molecular weight is 187 g/mol. The fourth-order valence-electron chi connectivity index (χ4n) is 1.46. The van der Waals surface area contributed by atoms with E-state index >= 15 is 0 Å². The molecule has 0 aromatic heterocycles. The molecule has 2 nitrogen and oxygen atoms in total. The molecule has 1 atom stereocenters. The highest BCUT2D eigenvalue weighted by Gasteiger charge is 2.22. The number of ether oxygens (including phenoxy) is 1. The van der Waals surface area contributed by atoms with E-state index in [1.54, 1.807) is 0 Å². The van der Waals surface area contributed by atoms with Crippen molar-refractivity contribution in [2.45, 2.75) is 46.6 Å². The third-order valence-electron chi connectivity index (χ3n) is 2.29. The second kappa shape index (κ2) is 6.39. The van der Waals surface area contributed by atoms with E-state index in [2.05, 4.69) is 33.0 Å². The van der Waals surface area contributed by atoms with Gasteiger partial charge in [-0.05, 0) is 25.3 Å². The van der Waals surface area contributed by atoms with Gasteiger partial charge in [-0.15, -0.1) is 0 Å². The van der Waals surface area contributed by atoms with Crippen molar-refractivity contribution in [2.24, 2.45) is 5.41 Å². The summed E-state index contributed by atoms with van der Waals surface area (Å²) in [5.74, 6) is 0. The topological polar surface area (TPSA) is 21.3 Å². The zero-order chi connectivity index (χ0) is 10.3. The Morgan fingerprint density at radius 2 is 1.85 bits per heavy atom. The van der Waals surface area contributed by atoms with E-state index in [0.717, 1.165) is 26.1 Å². The molecule has 0 heterocycles. The van der Waals surface area contributed by atoms with Gasteiger partial charge in [0.1, 0.15) is 0 Å². The smallest absolute Gasteiger partial charge is 0.0481 e. The normalized spacial score (nSPS) is 14.5. The van der Waals surface area contributed by atoms with E-state index in [0.29, 0.717) is 11.5 Å². The van der Waals surface area contributed by atoms with Gasteiger partial charge >= 0.3 is 0 Å². The lowest BCUT2D eigenvalue weighted by molar-refractivity contribution is 0.110. The molecule has 0 saturated carbocycles. The molecular weight excluding hydrogens is 162 g/mol. The minimum atomic E-state index is 0.324. The number of rotatable bonds is 6. The van der Waals surface area contributed by atoms with Gasteiger partial charge in [-0.2, -0.15) is 0 Å². The van der Waals surface area contributed by atoms with Crippen LogP contribution in [0.1, 0.15) is 40.5 Å². The van der Waals surface area contributed by atoms with Crippen LogP contribution in [0.2, 0.25) is 0 Å². The third kappa shape index (κ3) is 6.05. The van der Waals surface area contributed by atoms with Crippen LogP contribution in [0.25, 0.3) is 0 Å². The van der Waals surface area contributed by atoms with Gasteiger partial charge in [-0.1, -0.05) is 27.7 Å². The van der Waals surface area contributed by atoms with E-state index in [-0.39, 0.29) is 0 Å². The Balaban J connectivity index is 3.61. The Kier molecular flexibility index (Phi) is 6.35. The summed E-state index contributed by atoms with van der Waals surface area (Å²) in [7, 11) is 2.02. The molecule has 0 aliphatic rings. The molecule has 0 aromatic rings. The average Bonchev–Trinajstić information content (AvgIpc) is 2.02. The van der Waals surface area contributed by atoms with Crippen LogP contribution in [0.4, 0.5) is 0 Å². The summed E-state index contributed by atoms with van der Waals surface area (Å²) in [5.41, 5.74) is 0.324. The molecule has 0 aliphatic heterocycles. The van der Waals surface area contributed by atoms with Crippen LogP contribution >= 0.6 is 0 Å². The van der Waals surface area contributed by atoms with Crippen molar-refractivity contribution in [2.75, 3.05) is 20.3 Å². The van der Waals surface area contributed by atoms with Crippen molar-refractivity contribution in [3.8, 4) is 0 Å². The van der Waals surface area contributed by atoms with Gasteiger partial charge in [-0.3, -0.25) is 0 Å². The summed E-state index contributed by atoms with van der Waals surface area (Å²) < 4.78 is 5.47. The van der Waals surface area contributed by atoms with Gasteiger partial charge in [0.05, 0.1) is 0 Å². The molecule has 0 aromatic carbocycles. The standard InChI is InChI=1S/C11H25NO/c1-6-8-13-9-7-10(12-5)11(2,3)4/h10,12H,6-9H2,1-5H3. The first-order valence-corrected chi connectivity index (χ1v) is 5.27. The van der Waals surface area contributed by atoms with Gasteiger partial charge in [0.2, 0.25) is 0 Å². The van der Waals surface area contributed by atoms with Crippen molar-refractivity contribution in [3.63, 3.8) is 0 Å². The summed E-state index contributed by atoms with van der Waals surface area (Å²) >= 11 is 0. The van der Waals surface area contributed by atoms with Crippen LogP contribution < -0.4 is 5.32 Å². The number of hydrogen-bond acceptors (Lipinski definition) is 2. The zero-order valence-corrected chi connectivity index (χ0v) is 9.81. The van der Waals surface area contributed by atoms with Crippen LogP contribution in [0.3, 0.4) is 0 Å². The molecule has 0 spiro atoms. The van der Waals surface area contributed by atoms with E-state index in [1.807, 2.05) is 7.05 Å². The maximum atomic E-state index is 5.47.